The van der Waals surface area contributed by atoms with Crippen LogP contribution < -0.4 is 10.6 Å². The highest BCUT2D eigenvalue weighted by Gasteiger charge is 2.23. The fourth-order valence-corrected chi connectivity index (χ4v) is 3.63. The lowest BCUT2D eigenvalue weighted by molar-refractivity contribution is 0.115. The first kappa shape index (κ1) is 22.7. The Kier molecular flexibility index (Phi) is 9.24. The van der Waals surface area contributed by atoms with Crippen molar-refractivity contribution in [3.05, 3.63) is 42.3 Å². The second-order valence-corrected chi connectivity index (χ2v) is 7.25. The highest BCUT2D eigenvalue weighted by atomic mass is 127. The van der Waals surface area contributed by atoms with Gasteiger partial charge in [-0.1, -0.05) is 24.6 Å². The standard InChI is InChI=1S/C21H31N5O.HI/c1-16-9-7-8-12-26(16)17(2)13-23-21(22-3)24-14-19-15-27-20(25-19)18-10-5-4-6-11-18;/h4-6,10-11,15-17H,7-9,12-14H2,1-3H3,(H2,22,23,24);1H. The van der Waals surface area contributed by atoms with Gasteiger partial charge in [0.15, 0.2) is 5.96 Å². The molecule has 2 unspecified atom stereocenters. The Morgan fingerprint density at radius 2 is 2.07 bits per heavy atom. The van der Waals surface area contributed by atoms with Gasteiger partial charge in [-0.15, -0.1) is 24.0 Å². The average Bonchev–Trinajstić information content (AvgIpc) is 3.18. The van der Waals surface area contributed by atoms with Crippen molar-refractivity contribution >= 4 is 29.9 Å². The molecule has 1 fully saturated rings. The Hall–Kier alpha value is -1.61. The van der Waals surface area contributed by atoms with E-state index in [1.807, 2.05) is 30.3 Å². The third-order valence-electron chi connectivity index (χ3n) is 5.22. The van der Waals surface area contributed by atoms with Crippen LogP contribution in [0, 0.1) is 0 Å². The second kappa shape index (κ2) is 11.4. The Morgan fingerprint density at radius 3 is 2.79 bits per heavy atom. The molecule has 1 aliphatic rings. The van der Waals surface area contributed by atoms with Gasteiger partial charge in [-0.05, 0) is 45.4 Å². The van der Waals surface area contributed by atoms with Crippen LogP contribution in [0.4, 0.5) is 0 Å². The average molecular weight is 497 g/mol. The summed E-state index contributed by atoms with van der Waals surface area (Å²) in [7, 11) is 1.79. The molecular formula is C21H32IN5O. The van der Waals surface area contributed by atoms with Crippen LogP contribution in [0.25, 0.3) is 11.5 Å². The molecule has 2 atom stereocenters. The van der Waals surface area contributed by atoms with Crippen molar-refractivity contribution in [3.8, 4) is 11.5 Å². The number of benzene rings is 1. The maximum Gasteiger partial charge on any atom is 0.226 e. The minimum absolute atomic E-state index is 0. The van der Waals surface area contributed by atoms with E-state index in [9.17, 15) is 0 Å². The van der Waals surface area contributed by atoms with Crippen LogP contribution in [0.15, 0.2) is 46.0 Å². The van der Waals surface area contributed by atoms with Gasteiger partial charge in [-0.3, -0.25) is 9.89 Å². The Morgan fingerprint density at radius 1 is 1.29 bits per heavy atom. The van der Waals surface area contributed by atoms with E-state index in [2.05, 4.69) is 39.4 Å². The summed E-state index contributed by atoms with van der Waals surface area (Å²) in [6.07, 6.45) is 5.65. The Bertz CT molecular complexity index is 733. The number of nitrogens with one attached hydrogen (secondary N) is 2. The predicted molar refractivity (Wildman–Crippen MR) is 125 cm³/mol. The quantitative estimate of drug-likeness (QED) is 0.360. The number of halogens is 1. The van der Waals surface area contributed by atoms with Crippen LogP contribution in [-0.2, 0) is 6.54 Å². The summed E-state index contributed by atoms with van der Waals surface area (Å²) in [6, 6.07) is 11.1. The fraction of sp³-hybridized carbons (Fsp3) is 0.524. The molecule has 0 aliphatic carbocycles. The van der Waals surface area contributed by atoms with Crippen LogP contribution in [0.5, 0.6) is 0 Å². The molecule has 2 N–H and O–H groups in total. The van der Waals surface area contributed by atoms with Gasteiger partial charge < -0.3 is 15.1 Å². The summed E-state index contributed by atoms with van der Waals surface area (Å²) >= 11 is 0. The Labute approximate surface area is 185 Å². The first-order valence-corrected chi connectivity index (χ1v) is 9.87. The van der Waals surface area contributed by atoms with Crippen molar-refractivity contribution in [1.29, 1.82) is 0 Å². The Balaban J connectivity index is 0.00000280. The van der Waals surface area contributed by atoms with E-state index in [4.69, 9.17) is 4.42 Å². The molecule has 2 heterocycles. The molecule has 0 bridgehead atoms. The van der Waals surface area contributed by atoms with Crippen LogP contribution in [0.2, 0.25) is 0 Å². The molecule has 7 heteroatoms. The predicted octanol–water partition coefficient (Wildman–Crippen LogP) is 3.89. The minimum Gasteiger partial charge on any atom is -0.444 e. The SMILES string of the molecule is CN=C(NCc1coc(-c2ccccc2)n1)NCC(C)N1CCCCC1C.I. The molecule has 0 saturated carbocycles. The number of nitrogens with zero attached hydrogens (tertiary/aromatic N) is 3. The number of guanidine groups is 1. The van der Waals surface area contributed by atoms with E-state index >= 15 is 0 Å². The summed E-state index contributed by atoms with van der Waals surface area (Å²) in [5.74, 6) is 1.43. The molecule has 1 saturated heterocycles. The lowest BCUT2D eigenvalue weighted by Gasteiger charge is -2.38. The first-order valence-electron chi connectivity index (χ1n) is 9.87. The molecule has 154 valence electrons. The molecule has 3 rings (SSSR count). The number of aliphatic imine (C=N–C) groups is 1. The number of hydrogen-bond acceptors (Lipinski definition) is 4. The van der Waals surface area contributed by atoms with Gasteiger partial charge in [0.25, 0.3) is 0 Å². The van der Waals surface area contributed by atoms with Crippen LogP contribution in [0.1, 0.15) is 38.8 Å². The van der Waals surface area contributed by atoms with Crippen LogP contribution >= 0.6 is 24.0 Å². The van der Waals surface area contributed by atoms with Crippen molar-refractivity contribution in [2.45, 2.75) is 51.7 Å². The smallest absolute Gasteiger partial charge is 0.226 e. The van der Waals surface area contributed by atoms with Gasteiger partial charge in [0.1, 0.15) is 6.26 Å². The van der Waals surface area contributed by atoms with E-state index in [0.717, 1.165) is 23.8 Å². The molecule has 0 spiro atoms. The number of piperidine rings is 1. The lowest BCUT2D eigenvalue weighted by Crippen LogP contribution is -2.50. The highest BCUT2D eigenvalue weighted by molar-refractivity contribution is 14.0. The zero-order valence-electron chi connectivity index (χ0n) is 17.0. The maximum atomic E-state index is 5.59. The summed E-state index contributed by atoms with van der Waals surface area (Å²) < 4.78 is 5.59. The van der Waals surface area contributed by atoms with Crippen LogP contribution in [0.3, 0.4) is 0 Å². The number of hydrogen-bond donors (Lipinski definition) is 2. The molecule has 1 aromatic heterocycles. The van der Waals surface area contributed by atoms with Crippen LogP contribution in [-0.4, -0.2) is 48.1 Å². The van der Waals surface area contributed by atoms with E-state index in [1.54, 1.807) is 13.3 Å². The number of oxazole rings is 1. The third kappa shape index (κ3) is 6.20. The van der Waals surface area contributed by atoms with Gasteiger partial charge in [0.2, 0.25) is 5.89 Å². The van der Waals surface area contributed by atoms with Gasteiger partial charge in [0, 0.05) is 31.2 Å². The van der Waals surface area contributed by atoms with E-state index in [1.165, 1.54) is 25.8 Å². The van der Waals surface area contributed by atoms with E-state index in [0.29, 0.717) is 24.5 Å². The van der Waals surface area contributed by atoms with Gasteiger partial charge >= 0.3 is 0 Å². The molecule has 0 radical (unpaired) electrons. The summed E-state index contributed by atoms with van der Waals surface area (Å²) in [6.45, 7) is 7.25. The molecule has 28 heavy (non-hydrogen) atoms. The molecule has 1 aliphatic heterocycles. The lowest BCUT2D eigenvalue weighted by atomic mass is 10.0. The molecule has 2 aromatic rings. The topological polar surface area (TPSA) is 65.7 Å². The van der Waals surface area contributed by atoms with Crippen molar-refractivity contribution in [3.63, 3.8) is 0 Å². The van der Waals surface area contributed by atoms with Crippen molar-refractivity contribution < 1.29 is 4.42 Å². The minimum atomic E-state index is 0. The number of likely N-dealkylation sites (tertiary alicyclic amines) is 1. The molecule has 0 amide bonds. The van der Waals surface area contributed by atoms with Crippen molar-refractivity contribution in [2.24, 2.45) is 4.99 Å². The monoisotopic (exact) mass is 497 g/mol. The normalized spacial score (nSPS) is 19.0. The zero-order valence-corrected chi connectivity index (χ0v) is 19.3. The first-order chi connectivity index (χ1) is 13.2. The van der Waals surface area contributed by atoms with Gasteiger partial charge in [-0.25, -0.2) is 4.98 Å². The highest BCUT2D eigenvalue weighted by Crippen LogP contribution is 2.19. The molecule has 6 nitrogen and oxygen atoms in total. The van der Waals surface area contributed by atoms with Crippen molar-refractivity contribution in [2.75, 3.05) is 20.1 Å². The summed E-state index contributed by atoms with van der Waals surface area (Å²) in [4.78, 5) is 11.5. The van der Waals surface area contributed by atoms with Gasteiger partial charge in [0.05, 0.1) is 12.2 Å². The molecular weight excluding hydrogens is 465 g/mol. The second-order valence-electron chi connectivity index (χ2n) is 7.25. The number of rotatable bonds is 6. The fourth-order valence-electron chi connectivity index (χ4n) is 3.63. The largest absolute Gasteiger partial charge is 0.444 e. The summed E-state index contributed by atoms with van der Waals surface area (Å²) in [5.41, 5.74) is 1.84. The summed E-state index contributed by atoms with van der Waals surface area (Å²) in [5, 5.41) is 6.75. The van der Waals surface area contributed by atoms with E-state index in [-0.39, 0.29) is 24.0 Å². The van der Waals surface area contributed by atoms with Crippen molar-refractivity contribution in [1.82, 2.24) is 20.5 Å². The third-order valence-corrected chi connectivity index (χ3v) is 5.22. The zero-order chi connectivity index (χ0) is 19.1. The number of aromatic nitrogens is 1. The maximum absolute atomic E-state index is 5.59. The van der Waals surface area contributed by atoms with E-state index < -0.39 is 0 Å². The van der Waals surface area contributed by atoms with Gasteiger partial charge in [-0.2, -0.15) is 0 Å². The molecule has 1 aromatic carbocycles.